The van der Waals surface area contributed by atoms with Crippen LogP contribution in [0.2, 0.25) is 0 Å². The molecule has 0 aliphatic rings. The fourth-order valence-corrected chi connectivity index (χ4v) is 6.89. The van der Waals surface area contributed by atoms with E-state index in [0.717, 1.165) is 96.3 Å². The quantitative estimate of drug-likeness (QED) is 0.0266. The third-order valence-electron chi connectivity index (χ3n) is 9.58. The number of carbonyl (C=O) groups is 2. The summed E-state index contributed by atoms with van der Waals surface area (Å²) in [5.41, 5.74) is 5.35. The van der Waals surface area contributed by atoms with E-state index < -0.39 is 32.5 Å². The highest BCUT2D eigenvalue weighted by Gasteiger charge is 2.26. The third kappa shape index (κ3) is 44.8. The second-order valence-electron chi connectivity index (χ2n) is 15.2. The molecule has 0 bridgehead atoms. The van der Waals surface area contributed by atoms with Gasteiger partial charge in [0.25, 0.3) is 0 Å². The molecule has 0 aromatic rings. The van der Waals surface area contributed by atoms with Crippen LogP contribution in [0.15, 0.2) is 72.9 Å². The van der Waals surface area contributed by atoms with Crippen molar-refractivity contribution < 1.29 is 37.6 Å². The molecule has 0 rings (SSSR count). The van der Waals surface area contributed by atoms with Crippen LogP contribution >= 0.6 is 7.82 Å². The van der Waals surface area contributed by atoms with E-state index in [0.29, 0.717) is 6.42 Å². The van der Waals surface area contributed by atoms with Gasteiger partial charge < -0.3 is 20.1 Å². The van der Waals surface area contributed by atoms with Gasteiger partial charge in [0.15, 0.2) is 6.10 Å². The summed E-state index contributed by atoms with van der Waals surface area (Å²) in [6.45, 7) is 3.58. The number of nitrogens with two attached hydrogens (primary N) is 1. The van der Waals surface area contributed by atoms with Crippen molar-refractivity contribution in [1.29, 1.82) is 0 Å². The Bertz CT molecular complexity index is 1190. The maximum Gasteiger partial charge on any atom is 0.472 e. The van der Waals surface area contributed by atoms with Crippen LogP contribution in [0.25, 0.3) is 0 Å². The van der Waals surface area contributed by atoms with E-state index in [1.54, 1.807) is 0 Å². The van der Waals surface area contributed by atoms with Crippen molar-refractivity contribution in [3.05, 3.63) is 72.9 Å². The first-order chi connectivity index (χ1) is 28.8. The van der Waals surface area contributed by atoms with E-state index in [9.17, 15) is 19.0 Å². The van der Waals surface area contributed by atoms with E-state index in [4.69, 9.17) is 24.3 Å². The topological polar surface area (TPSA) is 134 Å². The predicted octanol–water partition coefficient (Wildman–Crippen LogP) is 13.8. The first-order valence-electron chi connectivity index (χ1n) is 23.4. The largest absolute Gasteiger partial charge is 0.472 e. The predicted molar refractivity (Wildman–Crippen MR) is 247 cm³/mol. The molecule has 9 nitrogen and oxygen atoms in total. The maximum atomic E-state index is 12.6. The van der Waals surface area contributed by atoms with Gasteiger partial charge in [-0.1, -0.05) is 170 Å². The van der Waals surface area contributed by atoms with Crippen LogP contribution in [0.1, 0.15) is 194 Å². The molecule has 0 aliphatic heterocycles. The van der Waals surface area contributed by atoms with Crippen molar-refractivity contribution in [2.75, 3.05) is 26.4 Å². The van der Waals surface area contributed by atoms with Gasteiger partial charge in [0.1, 0.15) is 6.61 Å². The Kier molecular flexibility index (Phi) is 43.0. The summed E-state index contributed by atoms with van der Waals surface area (Å²) < 4.78 is 32.8. The molecule has 2 atom stereocenters. The summed E-state index contributed by atoms with van der Waals surface area (Å²) >= 11 is 0. The first-order valence-corrected chi connectivity index (χ1v) is 24.9. The molecule has 0 fully saturated rings. The Morgan fingerprint density at radius 2 is 0.932 bits per heavy atom. The third-order valence-corrected chi connectivity index (χ3v) is 10.6. The monoisotopic (exact) mass is 848 g/mol. The van der Waals surface area contributed by atoms with E-state index in [1.165, 1.54) is 64.2 Å². The number of unbranched alkanes of at least 4 members (excludes halogenated alkanes) is 18. The number of hydrogen-bond acceptors (Lipinski definition) is 8. The van der Waals surface area contributed by atoms with Gasteiger partial charge in [-0.2, -0.15) is 0 Å². The molecule has 0 radical (unpaired) electrons. The van der Waals surface area contributed by atoms with Crippen molar-refractivity contribution in [3.8, 4) is 0 Å². The molecule has 59 heavy (non-hydrogen) atoms. The summed E-state index contributed by atoms with van der Waals surface area (Å²) in [7, 11) is -4.38. The van der Waals surface area contributed by atoms with Gasteiger partial charge in [0.05, 0.1) is 13.2 Å². The van der Waals surface area contributed by atoms with Gasteiger partial charge in [0.2, 0.25) is 0 Å². The minimum absolute atomic E-state index is 0.0482. The molecule has 10 heteroatoms. The van der Waals surface area contributed by atoms with Gasteiger partial charge in [-0.05, 0) is 83.5 Å². The number of rotatable bonds is 43. The van der Waals surface area contributed by atoms with Gasteiger partial charge in [0, 0.05) is 19.4 Å². The van der Waals surface area contributed by atoms with Gasteiger partial charge in [-0.15, -0.1) is 0 Å². The van der Waals surface area contributed by atoms with Gasteiger partial charge in [-0.25, -0.2) is 4.57 Å². The Labute approximate surface area is 361 Å². The van der Waals surface area contributed by atoms with Crippen molar-refractivity contribution in [1.82, 2.24) is 0 Å². The normalized spacial score (nSPS) is 13.9. The average molecular weight is 848 g/mol. The lowest BCUT2D eigenvalue weighted by atomic mass is 10.1. The van der Waals surface area contributed by atoms with Crippen LogP contribution in [0, 0.1) is 0 Å². The molecule has 0 aromatic carbocycles. The average Bonchev–Trinajstić information content (AvgIpc) is 3.22. The molecule has 0 saturated heterocycles. The van der Waals surface area contributed by atoms with E-state index in [-0.39, 0.29) is 32.6 Å². The van der Waals surface area contributed by atoms with Crippen LogP contribution in [0.5, 0.6) is 0 Å². The minimum atomic E-state index is -4.38. The number of esters is 2. The maximum absolute atomic E-state index is 12.6. The lowest BCUT2D eigenvalue weighted by molar-refractivity contribution is -0.161. The molecule has 0 heterocycles. The van der Waals surface area contributed by atoms with Gasteiger partial charge in [-0.3, -0.25) is 18.6 Å². The smallest absolute Gasteiger partial charge is 0.462 e. The lowest BCUT2D eigenvalue weighted by Crippen LogP contribution is -2.29. The Morgan fingerprint density at radius 1 is 0.525 bits per heavy atom. The van der Waals surface area contributed by atoms with Crippen LogP contribution in [-0.4, -0.2) is 49.3 Å². The zero-order valence-electron chi connectivity index (χ0n) is 37.5. The van der Waals surface area contributed by atoms with Crippen molar-refractivity contribution in [2.45, 2.75) is 200 Å². The molecule has 0 aromatic heterocycles. The first kappa shape index (κ1) is 56.5. The Hall–Kier alpha value is -2.55. The number of allylic oxidation sites excluding steroid dienone is 12. The van der Waals surface area contributed by atoms with E-state index in [2.05, 4.69) is 86.8 Å². The van der Waals surface area contributed by atoms with Gasteiger partial charge >= 0.3 is 19.8 Å². The Morgan fingerprint density at radius 3 is 1.41 bits per heavy atom. The van der Waals surface area contributed by atoms with Crippen molar-refractivity contribution >= 4 is 19.8 Å². The minimum Gasteiger partial charge on any atom is -0.462 e. The SMILES string of the molecule is CC/C=C\C/C=C\C/C=C\C/C=C\C/C=C\CCCCCCCCCCCC(=O)OC(COC(=O)CCCCCCC/C=C\CCCCCC)COP(=O)(O)OCCN. The van der Waals surface area contributed by atoms with Crippen molar-refractivity contribution in [2.24, 2.45) is 5.73 Å². The summed E-state index contributed by atoms with van der Waals surface area (Å²) in [4.78, 5) is 34.9. The molecule has 0 saturated carbocycles. The standard InChI is InChI=1S/C49H86NO8P/c1-3-5-7-9-11-13-15-17-18-19-20-21-22-23-24-25-26-27-28-30-32-34-36-38-40-42-49(52)58-47(46-57-59(53,54)56-44-43-50)45-55-48(51)41-39-37-35-33-31-29-16-14-12-10-8-6-4-2/h5,7,11,13-14,16-18,20-21,23-24,47H,3-4,6,8-10,12,15,19,22,25-46,50H2,1-2H3,(H,53,54)/b7-5-,13-11-,16-14-,18-17-,21-20-,24-23-. The van der Waals surface area contributed by atoms with E-state index in [1.807, 2.05) is 0 Å². The molecule has 0 aliphatic carbocycles. The number of ether oxygens (including phenoxy) is 2. The number of hydrogen-bond donors (Lipinski definition) is 2. The summed E-state index contributed by atoms with van der Waals surface area (Å²) in [5.74, 6) is -0.849. The molecular weight excluding hydrogens is 762 g/mol. The summed E-state index contributed by atoms with van der Waals surface area (Å²) in [6.07, 6.45) is 55.0. The zero-order chi connectivity index (χ0) is 43.2. The summed E-state index contributed by atoms with van der Waals surface area (Å²) in [5, 5.41) is 0. The fourth-order valence-electron chi connectivity index (χ4n) is 6.13. The second-order valence-corrected chi connectivity index (χ2v) is 16.7. The molecule has 2 unspecified atom stereocenters. The molecule has 0 spiro atoms. The van der Waals surface area contributed by atoms with Crippen molar-refractivity contribution in [3.63, 3.8) is 0 Å². The number of phosphoric ester groups is 1. The van der Waals surface area contributed by atoms with Crippen LogP contribution in [0.4, 0.5) is 0 Å². The zero-order valence-corrected chi connectivity index (χ0v) is 38.4. The van der Waals surface area contributed by atoms with Crippen LogP contribution < -0.4 is 5.73 Å². The number of phosphoric acid groups is 1. The highest BCUT2D eigenvalue weighted by molar-refractivity contribution is 7.47. The molecule has 0 amide bonds. The highest BCUT2D eigenvalue weighted by Crippen LogP contribution is 2.43. The van der Waals surface area contributed by atoms with Crippen LogP contribution in [-0.2, 0) is 32.7 Å². The fraction of sp³-hybridized carbons (Fsp3) is 0.714. The van der Waals surface area contributed by atoms with E-state index >= 15 is 0 Å². The molecule has 3 N–H and O–H groups in total. The van der Waals surface area contributed by atoms with Crippen LogP contribution in [0.3, 0.4) is 0 Å². The highest BCUT2D eigenvalue weighted by atomic mass is 31.2. The molecule has 340 valence electrons. The second kappa shape index (κ2) is 45.0. The molecular formula is C49H86NO8P. The summed E-state index contributed by atoms with van der Waals surface area (Å²) in [6, 6.07) is 0. The number of carbonyl (C=O) groups excluding carboxylic acids is 2. The Balaban J connectivity index is 4.10. The lowest BCUT2D eigenvalue weighted by Gasteiger charge is -2.19.